The zero-order chi connectivity index (χ0) is 12.4. The second-order valence-electron chi connectivity index (χ2n) is 4.06. The lowest BCUT2D eigenvalue weighted by molar-refractivity contribution is -0.129. The number of nitrogens with zero attached hydrogens (tertiary/aromatic N) is 1. The number of likely N-dealkylation sites (tertiary alicyclic amines) is 1. The van der Waals surface area contributed by atoms with Crippen molar-refractivity contribution in [3.8, 4) is 0 Å². The van der Waals surface area contributed by atoms with Crippen molar-refractivity contribution in [1.82, 2.24) is 4.90 Å². The van der Waals surface area contributed by atoms with E-state index in [4.69, 9.17) is 23.2 Å². The quantitative estimate of drug-likeness (QED) is 0.747. The van der Waals surface area contributed by atoms with Gasteiger partial charge in [-0.25, -0.2) is 0 Å². The van der Waals surface area contributed by atoms with E-state index in [1.807, 2.05) is 11.0 Å². The zero-order valence-electron chi connectivity index (χ0n) is 9.13. The van der Waals surface area contributed by atoms with Gasteiger partial charge in [0, 0.05) is 22.6 Å². The van der Waals surface area contributed by atoms with Gasteiger partial charge in [-0.05, 0) is 36.6 Å². The van der Waals surface area contributed by atoms with E-state index in [0.717, 1.165) is 36.0 Å². The largest absolute Gasteiger partial charge is 0.341 e. The minimum absolute atomic E-state index is 0.0351. The summed E-state index contributed by atoms with van der Waals surface area (Å²) in [7, 11) is 0. The van der Waals surface area contributed by atoms with Gasteiger partial charge in [0.25, 0.3) is 0 Å². The Hall–Kier alpha value is -0.250. The third-order valence-corrected chi connectivity index (χ3v) is 4.24. The highest BCUT2D eigenvalue weighted by Gasteiger charge is 2.27. The Bertz CT molecular complexity index is 433. The molecule has 0 N–H and O–H groups in total. The molecule has 1 unspecified atom stereocenters. The van der Waals surface area contributed by atoms with E-state index < -0.39 is 5.38 Å². The Morgan fingerprint density at radius 3 is 2.65 bits per heavy atom. The number of carbonyl (C=O) groups is 1. The fourth-order valence-corrected chi connectivity index (χ4v) is 3.05. The normalized spacial score (nSPS) is 17.2. The minimum atomic E-state index is -0.666. The smallest absolute Gasteiger partial charge is 0.245 e. The van der Waals surface area contributed by atoms with Gasteiger partial charge in [-0.2, -0.15) is 0 Å². The number of alkyl halides is 1. The number of hydrogen-bond acceptors (Lipinski definition) is 1. The number of rotatable bonds is 2. The number of benzene rings is 1. The molecule has 0 aliphatic carbocycles. The lowest BCUT2D eigenvalue weighted by Crippen LogP contribution is -2.30. The maximum Gasteiger partial charge on any atom is 0.245 e. The van der Waals surface area contributed by atoms with E-state index in [1.54, 1.807) is 12.1 Å². The number of amides is 1. The third kappa shape index (κ3) is 2.95. The van der Waals surface area contributed by atoms with Crippen LogP contribution in [0.3, 0.4) is 0 Å². The zero-order valence-corrected chi connectivity index (χ0v) is 12.2. The van der Waals surface area contributed by atoms with Crippen molar-refractivity contribution in [3.63, 3.8) is 0 Å². The summed E-state index contributed by atoms with van der Waals surface area (Å²) in [5.41, 5.74) is 0.732. The molecule has 5 heteroatoms. The molecule has 0 radical (unpaired) electrons. The molecule has 1 aliphatic rings. The van der Waals surface area contributed by atoms with Crippen LogP contribution < -0.4 is 0 Å². The molecule has 92 valence electrons. The first-order valence-corrected chi connectivity index (χ1v) is 7.08. The lowest BCUT2D eigenvalue weighted by atomic mass is 10.1. The molecule has 1 heterocycles. The Kier molecular flexibility index (Phi) is 4.34. The van der Waals surface area contributed by atoms with Crippen molar-refractivity contribution in [1.29, 1.82) is 0 Å². The first-order chi connectivity index (χ1) is 8.09. The molecule has 1 fully saturated rings. The van der Waals surface area contributed by atoms with Crippen LogP contribution in [0.15, 0.2) is 22.7 Å². The fraction of sp³-hybridized carbons (Fsp3) is 0.417. The molecule has 0 spiro atoms. The molecule has 1 saturated heterocycles. The summed E-state index contributed by atoms with van der Waals surface area (Å²) in [6.45, 7) is 1.61. The average molecular weight is 337 g/mol. The topological polar surface area (TPSA) is 20.3 Å². The van der Waals surface area contributed by atoms with Gasteiger partial charge in [0.1, 0.15) is 5.38 Å². The Labute approximate surface area is 119 Å². The fourth-order valence-electron chi connectivity index (χ4n) is 1.94. The summed E-state index contributed by atoms with van der Waals surface area (Å²) < 4.78 is 0.814. The van der Waals surface area contributed by atoms with Crippen LogP contribution in [0.5, 0.6) is 0 Å². The first-order valence-electron chi connectivity index (χ1n) is 5.47. The third-order valence-electron chi connectivity index (χ3n) is 2.87. The molecule has 0 saturated carbocycles. The monoisotopic (exact) mass is 335 g/mol. The van der Waals surface area contributed by atoms with Crippen LogP contribution in [-0.2, 0) is 4.79 Å². The highest BCUT2D eigenvalue weighted by Crippen LogP contribution is 2.32. The standard InChI is InChI=1S/C12H12BrCl2NO/c13-10-4-3-8(14)7-9(10)11(15)12(17)16-5-1-2-6-16/h3-4,7,11H,1-2,5-6H2. The average Bonchev–Trinajstić information content (AvgIpc) is 2.84. The van der Waals surface area contributed by atoms with E-state index in [0.29, 0.717) is 5.02 Å². The summed E-state index contributed by atoms with van der Waals surface area (Å²) >= 11 is 15.5. The Morgan fingerprint density at radius 2 is 2.00 bits per heavy atom. The van der Waals surface area contributed by atoms with Crippen LogP contribution in [-0.4, -0.2) is 23.9 Å². The maximum atomic E-state index is 12.1. The van der Waals surface area contributed by atoms with Crippen LogP contribution >= 0.6 is 39.1 Å². The molecule has 2 rings (SSSR count). The summed E-state index contributed by atoms with van der Waals surface area (Å²) in [4.78, 5) is 13.9. The molecule has 1 aliphatic heterocycles. The number of hydrogen-bond donors (Lipinski definition) is 0. The predicted octanol–water partition coefficient (Wildman–Crippen LogP) is 4.00. The lowest BCUT2D eigenvalue weighted by Gasteiger charge is -2.20. The van der Waals surface area contributed by atoms with Gasteiger partial charge in [-0.15, -0.1) is 11.6 Å². The molecule has 1 aromatic carbocycles. The molecule has 1 amide bonds. The highest BCUT2D eigenvalue weighted by atomic mass is 79.9. The molecule has 0 bridgehead atoms. The second kappa shape index (κ2) is 5.59. The highest BCUT2D eigenvalue weighted by molar-refractivity contribution is 9.10. The van der Waals surface area contributed by atoms with Crippen molar-refractivity contribution in [2.75, 3.05) is 13.1 Å². The van der Waals surface area contributed by atoms with E-state index in [-0.39, 0.29) is 5.91 Å². The molecule has 1 atom stereocenters. The summed E-state index contributed by atoms with van der Waals surface area (Å²) in [5, 5.41) is -0.0794. The van der Waals surface area contributed by atoms with E-state index in [2.05, 4.69) is 15.9 Å². The van der Waals surface area contributed by atoms with Gasteiger partial charge in [0.05, 0.1) is 0 Å². The van der Waals surface area contributed by atoms with E-state index in [1.165, 1.54) is 0 Å². The Morgan fingerprint density at radius 1 is 1.35 bits per heavy atom. The van der Waals surface area contributed by atoms with Gasteiger partial charge < -0.3 is 4.90 Å². The van der Waals surface area contributed by atoms with Crippen LogP contribution in [0.4, 0.5) is 0 Å². The molecule has 0 aromatic heterocycles. The Balaban J connectivity index is 2.20. The van der Waals surface area contributed by atoms with Gasteiger partial charge in [0.2, 0.25) is 5.91 Å². The molecule has 2 nitrogen and oxygen atoms in total. The molecular formula is C12H12BrCl2NO. The SMILES string of the molecule is O=C(C(Cl)c1cc(Cl)ccc1Br)N1CCCC1. The summed E-state index contributed by atoms with van der Waals surface area (Å²) in [5.74, 6) is -0.0351. The number of halogens is 3. The minimum Gasteiger partial charge on any atom is -0.341 e. The number of carbonyl (C=O) groups excluding carboxylic acids is 1. The van der Waals surface area contributed by atoms with Gasteiger partial charge in [0.15, 0.2) is 0 Å². The first kappa shape index (κ1) is 13.2. The van der Waals surface area contributed by atoms with Crippen LogP contribution in [0, 0.1) is 0 Å². The van der Waals surface area contributed by atoms with Crippen molar-refractivity contribution < 1.29 is 4.79 Å². The van der Waals surface area contributed by atoms with Gasteiger partial charge in [-0.3, -0.25) is 4.79 Å². The molecule has 1 aromatic rings. The second-order valence-corrected chi connectivity index (χ2v) is 5.79. The summed E-state index contributed by atoms with van der Waals surface area (Å²) in [6, 6.07) is 5.31. The van der Waals surface area contributed by atoms with Crippen LogP contribution in [0.25, 0.3) is 0 Å². The summed E-state index contributed by atoms with van der Waals surface area (Å²) in [6.07, 6.45) is 2.12. The van der Waals surface area contributed by atoms with Crippen molar-refractivity contribution in [2.45, 2.75) is 18.2 Å². The van der Waals surface area contributed by atoms with Crippen molar-refractivity contribution in [3.05, 3.63) is 33.3 Å². The van der Waals surface area contributed by atoms with Crippen molar-refractivity contribution >= 4 is 45.0 Å². The molecular weight excluding hydrogens is 325 g/mol. The van der Waals surface area contributed by atoms with Crippen LogP contribution in [0.1, 0.15) is 23.8 Å². The molecule has 17 heavy (non-hydrogen) atoms. The van der Waals surface area contributed by atoms with E-state index in [9.17, 15) is 4.79 Å². The van der Waals surface area contributed by atoms with Gasteiger partial charge >= 0.3 is 0 Å². The van der Waals surface area contributed by atoms with E-state index >= 15 is 0 Å². The predicted molar refractivity (Wildman–Crippen MR) is 73.6 cm³/mol. The van der Waals surface area contributed by atoms with Gasteiger partial charge in [-0.1, -0.05) is 27.5 Å². The maximum absolute atomic E-state index is 12.1. The van der Waals surface area contributed by atoms with Crippen LogP contribution in [0.2, 0.25) is 5.02 Å². The van der Waals surface area contributed by atoms with Crippen molar-refractivity contribution in [2.24, 2.45) is 0 Å².